The van der Waals surface area contributed by atoms with Gasteiger partial charge in [0.25, 0.3) is 0 Å². The molecule has 0 bridgehead atoms. The average Bonchev–Trinajstić information content (AvgIpc) is 2.67. The van der Waals surface area contributed by atoms with E-state index in [0.717, 1.165) is 0 Å². The molecule has 1 fully saturated rings. The van der Waals surface area contributed by atoms with Crippen LogP contribution in [0.15, 0.2) is 41.3 Å². The molecular formula is C18H14Cl2N4O2S. The highest BCUT2D eigenvalue weighted by atomic mass is 35.5. The lowest BCUT2D eigenvalue weighted by molar-refractivity contribution is 0.385. The third-order valence-electron chi connectivity index (χ3n) is 4.35. The fourth-order valence-corrected chi connectivity index (χ4v) is 5.59. The van der Waals surface area contributed by atoms with E-state index in [0.29, 0.717) is 29.9 Å². The Labute approximate surface area is 167 Å². The van der Waals surface area contributed by atoms with E-state index in [4.69, 9.17) is 23.2 Å². The summed E-state index contributed by atoms with van der Waals surface area (Å²) in [4.78, 5) is 1.76. The van der Waals surface area contributed by atoms with Crippen LogP contribution in [-0.4, -0.2) is 38.9 Å². The van der Waals surface area contributed by atoms with E-state index in [1.807, 2.05) is 4.90 Å². The lowest BCUT2D eigenvalue weighted by Crippen LogP contribution is -2.49. The zero-order valence-corrected chi connectivity index (χ0v) is 16.4. The standard InChI is InChI=1S/C18H14Cl2N4O2S/c19-15-5-2-6-16(20)18(15)27(25,26)24-9-7-23(8-10-24)17-13(11-21)3-1-4-14(17)12-22/h1-6H,7-10H2. The van der Waals surface area contributed by atoms with E-state index in [1.54, 1.807) is 24.3 Å². The molecule has 1 aliphatic heterocycles. The third kappa shape index (κ3) is 3.60. The lowest BCUT2D eigenvalue weighted by atomic mass is 10.1. The normalized spacial score (nSPS) is 15.2. The fourth-order valence-electron chi connectivity index (χ4n) is 3.07. The fraction of sp³-hybridized carbons (Fsp3) is 0.222. The number of halogens is 2. The number of sulfonamides is 1. The second-order valence-corrected chi connectivity index (χ2v) is 8.56. The van der Waals surface area contributed by atoms with Gasteiger partial charge >= 0.3 is 0 Å². The van der Waals surface area contributed by atoms with E-state index in [2.05, 4.69) is 12.1 Å². The maximum atomic E-state index is 13.0. The molecule has 0 unspecified atom stereocenters. The van der Waals surface area contributed by atoms with Crippen molar-refractivity contribution in [3.05, 3.63) is 57.6 Å². The zero-order chi connectivity index (χ0) is 19.6. The largest absolute Gasteiger partial charge is 0.367 e. The monoisotopic (exact) mass is 420 g/mol. The summed E-state index contributed by atoms with van der Waals surface area (Å²) >= 11 is 12.1. The summed E-state index contributed by atoms with van der Waals surface area (Å²) < 4.78 is 27.2. The number of piperazine rings is 1. The first-order valence-corrected chi connectivity index (χ1v) is 10.2. The Morgan fingerprint density at radius 3 is 1.81 bits per heavy atom. The summed E-state index contributed by atoms with van der Waals surface area (Å²) in [5, 5.41) is 18.8. The first-order chi connectivity index (χ1) is 12.9. The SMILES string of the molecule is N#Cc1cccc(C#N)c1N1CCN(S(=O)(=O)c2c(Cl)cccc2Cl)CC1. The Kier molecular flexibility index (Phi) is 5.59. The zero-order valence-electron chi connectivity index (χ0n) is 14.1. The van der Waals surface area contributed by atoms with Gasteiger partial charge < -0.3 is 4.90 Å². The summed E-state index contributed by atoms with van der Waals surface area (Å²) in [5.74, 6) is 0. The molecule has 0 atom stereocenters. The van der Waals surface area contributed by atoms with Crippen LogP contribution in [0.2, 0.25) is 10.0 Å². The van der Waals surface area contributed by atoms with Crippen molar-refractivity contribution in [2.75, 3.05) is 31.1 Å². The van der Waals surface area contributed by atoms with Gasteiger partial charge in [-0.2, -0.15) is 14.8 Å². The summed E-state index contributed by atoms with van der Waals surface area (Å²) in [6.45, 7) is 1.06. The molecule has 2 aromatic rings. The molecule has 1 aliphatic rings. The van der Waals surface area contributed by atoms with Crippen LogP contribution < -0.4 is 4.90 Å². The minimum Gasteiger partial charge on any atom is -0.367 e. The van der Waals surface area contributed by atoms with E-state index in [9.17, 15) is 18.9 Å². The molecule has 2 aromatic carbocycles. The highest BCUT2D eigenvalue weighted by Gasteiger charge is 2.32. The van der Waals surface area contributed by atoms with E-state index in [-0.39, 0.29) is 28.0 Å². The third-order valence-corrected chi connectivity index (χ3v) is 7.20. The van der Waals surface area contributed by atoms with Crippen LogP contribution in [0, 0.1) is 22.7 Å². The molecule has 0 spiro atoms. The van der Waals surface area contributed by atoms with Crippen molar-refractivity contribution in [1.82, 2.24) is 4.31 Å². The number of benzene rings is 2. The predicted molar refractivity (Wildman–Crippen MR) is 103 cm³/mol. The summed E-state index contributed by atoms with van der Waals surface area (Å²) in [5.41, 5.74) is 1.31. The Balaban J connectivity index is 1.87. The molecule has 0 saturated carbocycles. The molecule has 1 heterocycles. The van der Waals surface area contributed by atoms with Crippen LogP contribution in [0.4, 0.5) is 5.69 Å². The summed E-state index contributed by atoms with van der Waals surface area (Å²) in [6.07, 6.45) is 0. The maximum absolute atomic E-state index is 13.0. The first-order valence-electron chi connectivity index (χ1n) is 8.02. The molecule has 0 radical (unpaired) electrons. The number of anilines is 1. The minimum absolute atomic E-state index is 0.0755. The van der Waals surface area contributed by atoms with Gasteiger partial charge in [0.15, 0.2) is 0 Å². The molecule has 6 nitrogen and oxygen atoms in total. The molecule has 0 aliphatic carbocycles. The Morgan fingerprint density at radius 2 is 1.33 bits per heavy atom. The predicted octanol–water partition coefficient (Wildman–Crippen LogP) is 3.25. The topological polar surface area (TPSA) is 88.2 Å². The molecule has 1 saturated heterocycles. The Hall–Kier alpha value is -2.29. The molecule has 0 aromatic heterocycles. The number of nitriles is 2. The Bertz CT molecular complexity index is 1010. The van der Waals surface area contributed by atoms with Crippen LogP contribution in [0.25, 0.3) is 0 Å². The number of hydrogen-bond donors (Lipinski definition) is 0. The van der Waals surface area contributed by atoms with E-state index in [1.165, 1.54) is 16.4 Å². The summed E-state index contributed by atoms with van der Waals surface area (Å²) in [7, 11) is -3.85. The van der Waals surface area contributed by atoms with Gasteiger partial charge in [-0.05, 0) is 24.3 Å². The van der Waals surface area contributed by atoms with Gasteiger partial charge in [0, 0.05) is 26.2 Å². The molecular weight excluding hydrogens is 407 g/mol. The number of rotatable bonds is 3. The molecule has 0 N–H and O–H groups in total. The van der Waals surface area contributed by atoms with Crippen molar-refractivity contribution in [2.24, 2.45) is 0 Å². The van der Waals surface area contributed by atoms with Crippen LogP contribution in [-0.2, 0) is 10.0 Å². The van der Waals surface area contributed by atoms with E-state index < -0.39 is 10.0 Å². The van der Waals surface area contributed by atoms with Crippen molar-refractivity contribution in [2.45, 2.75) is 4.90 Å². The number of para-hydroxylation sites is 1. The highest BCUT2D eigenvalue weighted by Crippen LogP contribution is 2.33. The highest BCUT2D eigenvalue weighted by molar-refractivity contribution is 7.89. The van der Waals surface area contributed by atoms with Crippen molar-refractivity contribution in [1.29, 1.82) is 10.5 Å². The maximum Gasteiger partial charge on any atom is 0.246 e. The summed E-state index contributed by atoms with van der Waals surface area (Å²) in [6, 6.07) is 13.7. The molecule has 27 heavy (non-hydrogen) atoms. The molecule has 0 amide bonds. The van der Waals surface area contributed by atoms with Crippen molar-refractivity contribution in [3.63, 3.8) is 0 Å². The van der Waals surface area contributed by atoms with E-state index >= 15 is 0 Å². The smallest absolute Gasteiger partial charge is 0.246 e. The number of hydrogen-bond acceptors (Lipinski definition) is 5. The van der Waals surface area contributed by atoms with Crippen LogP contribution in [0.3, 0.4) is 0 Å². The van der Waals surface area contributed by atoms with Gasteiger partial charge in [-0.1, -0.05) is 35.3 Å². The number of nitrogens with zero attached hydrogens (tertiary/aromatic N) is 4. The van der Waals surface area contributed by atoms with Crippen molar-refractivity contribution < 1.29 is 8.42 Å². The Morgan fingerprint density at radius 1 is 0.852 bits per heavy atom. The van der Waals surface area contributed by atoms with Gasteiger partial charge in [-0.3, -0.25) is 0 Å². The van der Waals surface area contributed by atoms with Gasteiger partial charge in [0.2, 0.25) is 10.0 Å². The van der Waals surface area contributed by atoms with Gasteiger partial charge in [0.05, 0.1) is 26.9 Å². The van der Waals surface area contributed by atoms with Crippen molar-refractivity contribution in [3.8, 4) is 12.1 Å². The van der Waals surface area contributed by atoms with Gasteiger partial charge in [-0.15, -0.1) is 0 Å². The molecule has 3 rings (SSSR count). The van der Waals surface area contributed by atoms with Crippen LogP contribution in [0.1, 0.15) is 11.1 Å². The average molecular weight is 421 g/mol. The van der Waals surface area contributed by atoms with Gasteiger partial charge in [0.1, 0.15) is 17.0 Å². The molecule has 138 valence electrons. The second-order valence-electron chi connectivity index (χ2n) is 5.87. The van der Waals surface area contributed by atoms with Gasteiger partial charge in [-0.25, -0.2) is 8.42 Å². The quantitative estimate of drug-likeness (QED) is 0.759. The van der Waals surface area contributed by atoms with Crippen molar-refractivity contribution >= 4 is 38.9 Å². The second kappa shape index (κ2) is 7.75. The van der Waals surface area contributed by atoms with Crippen LogP contribution >= 0.6 is 23.2 Å². The minimum atomic E-state index is -3.85. The lowest BCUT2D eigenvalue weighted by Gasteiger charge is -2.36. The molecule has 9 heteroatoms. The van der Waals surface area contributed by atoms with Crippen LogP contribution in [0.5, 0.6) is 0 Å². The first kappa shape index (κ1) is 19.5.